The molecule has 0 saturated carbocycles. The molecule has 1 amide bonds. The number of carbonyl (C=O) groups excluding carboxylic acids is 1. The van der Waals surface area contributed by atoms with Crippen molar-refractivity contribution in [2.75, 3.05) is 20.1 Å². The van der Waals surface area contributed by atoms with E-state index in [0.29, 0.717) is 18.5 Å². The van der Waals surface area contributed by atoms with Crippen molar-refractivity contribution in [1.29, 1.82) is 0 Å². The van der Waals surface area contributed by atoms with E-state index < -0.39 is 0 Å². The number of likely N-dealkylation sites (tertiary alicyclic amines) is 1. The van der Waals surface area contributed by atoms with Crippen LogP contribution in [-0.4, -0.2) is 67.7 Å². The maximum Gasteiger partial charge on any atom is 0.228 e. The quantitative estimate of drug-likeness (QED) is 0.698. The maximum absolute atomic E-state index is 12.9. The van der Waals surface area contributed by atoms with Crippen molar-refractivity contribution < 1.29 is 4.79 Å². The van der Waals surface area contributed by atoms with E-state index in [4.69, 9.17) is 0 Å². The van der Waals surface area contributed by atoms with Gasteiger partial charge in [0.25, 0.3) is 0 Å². The molecule has 2 atom stereocenters. The van der Waals surface area contributed by atoms with Crippen molar-refractivity contribution in [1.82, 2.24) is 29.5 Å². The van der Waals surface area contributed by atoms with Gasteiger partial charge < -0.3 is 4.90 Å². The van der Waals surface area contributed by atoms with Gasteiger partial charge >= 0.3 is 0 Å². The van der Waals surface area contributed by atoms with Gasteiger partial charge in [0, 0.05) is 61.8 Å². The number of piperazine rings is 1. The molecule has 0 radical (unpaired) electrons. The zero-order valence-electron chi connectivity index (χ0n) is 16.2. The van der Waals surface area contributed by atoms with E-state index in [1.54, 1.807) is 4.68 Å². The lowest BCUT2D eigenvalue weighted by molar-refractivity contribution is -0.133. The number of pyridine rings is 2. The summed E-state index contributed by atoms with van der Waals surface area (Å²) in [4.78, 5) is 26.3. The Balaban J connectivity index is 1.36. The van der Waals surface area contributed by atoms with Crippen LogP contribution in [0.25, 0.3) is 22.0 Å². The number of amides is 1. The van der Waals surface area contributed by atoms with E-state index in [0.717, 1.165) is 40.8 Å². The number of carbonyl (C=O) groups is 1. The van der Waals surface area contributed by atoms with Crippen molar-refractivity contribution in [2.45, 2.75) is 31.3 Å². The first-order valence-corrected chi connectivity index (χ1v) is 9.80. The summed E-state index contributed by atoms with van der Waals surface area (Å²) in [7, 11) is 4.08. The standard InChI is InChI=1S/C21H24N6O/c1-25-11-16(10-24-25)20-6-14-5-17(22-8-15(14)9-23-20)7-21(28)27-12-18-3-4-19(13-27)26(18)2/h5-6,8-11,18-19H,3-4,7,12-13H2,1-2H3. The number of nitrogens with zero attached hydrogens (tertiary/aromatic N) is 6. The third-order valence-electron chi connectivity index (χ3n) is 6.19. The molecule has 3 aromatic heterocycles. The Morgan fingerprint density at radius 2 is 1.79 bits per heavy atom. The fourth-order valence-electron chi connectivity index (χ4n) is 4.48. The molecule has 7 heteroatoms. The van der Waals surface area contributed by atoms with E-state index >= 15 is 0 Å². The lowest BCUT2D eigenvalue weighted by Gasteiger charge is -2.38. The smallest absolute Gasteiger partial charge is 0.228 e. The van der Waals surface area contributed by atoms with E-state index in [-0.39, 0.29) is 5.91 Å². The number of hydrogen-bond donors (Lipinski definition) is 0. The second kappa shape index (κ2) is 6.67. The second-order valence-corrected chi connectivity index (χ2v) is 8.02. The first-order chi connectivity index (χ1) is 13.6. The molecule has 0 aliphatic carbocycles. The highest BCUT2D eigenvalue weighted by molar-refractivity contribution is 5.86. The SMILES string of the molecule is CN1C2CCC1CN(C(=O)Cc1cc3cc(-c4cnn(C)c4)ncc3cn1)C2. The van der Waals surface area contributed by atoms with Crippen molar-refractivity contribution in [3.8, 4) is 11.3 Å². The molecular formula is C21H24N6O. The normalized spacial score (nSPS) is 22.1. The molecule has 144 valence electrons. The highest BCUT2D eigenvalue weighted by Crippen LogP contribution is 2.28. The third-order valence-corrected chi connectivity index (χ3v) is 6.19. The van der Waals surface area contributed by atoms with Gasteiger partial charge in [-0.25, -0.2) is 0 Å². The molecule has 3 aromatic rings. The summed E-state index contributed by atoms with van der Waals surface area (Å²) < 4.78 is 1.76. The van der Waals surface area contributed by atoms with Crippen LogP contribution in [0.4, 0.5) is 0 Å². The van der Waals surface area contributed by atoms with Gasteiger partial charge in [-0.15, -0.1) is 0 Å². The van der Waals surface area contributed by atoms with Gasteiger partial charge in [-0.05, 0) is 37.4 Å². The minimum Gasteiger partial charge on any atom is -0.339 e. The van der Waals surface area contributed by atoms with Crippen LogP contribution in [0.2, 0.25) is 0 Å². The summed E-state index contributed by atoms with van der Waals surface area (Å²) in [6.45, 7) is 1.68. The van der Waals surface area contributed by atoms with E-state index in [2.05, 4.69) is 27.0 Å². The highest BCUT2D eigenvalue weighted by Gasteiger charge is 2.38. The van der Waals surface area contributed by atoms with E-state index in [1.807, 2.05) is 48.9 Å². The van der Waals surface area contributed by atoms with Crippen LogP contribution in [0.1, 0.15) is 18.5 Å². The largest absolute Gasteiger partial charge is 0.339 e. The maximum atomic E-state index is 12.9. The van der Waals surface area contributed by atoms with Crippen molar-refractivity contribution in [2.24, 2.45) is 7.05 Å². The Labute approximate surface area is 164 Å². The molecule has 0 spiro atoms. The van der Waals surface area contributed by atoms with Crippen molar-refractivity contribution >= 4 is 16.7 Å². The summed E-state index contributed by atoms with van der Waals surface area (Å²) >= 11 is 0. The summed E-state index contributed by atoms with van der Waals surface area (Å²) in [5.74, 6) is 0.179. The predicted octanol–water partition coefficient (Wildman–Crippen LogP) is 1.88. The summed E-state index contributed by atoms with van der Waals surface area (Å²) in [6, 6.07) is 5.08. The Hall–Kier alpha value is -2.80. The fourth-order valence-corrected chi connectivity index (χ4v) is 4.48. The van der Waals surface area contributed by atoms with Gasteiger partial charge in [0.05, 0.1) is 24.0 Å². The zero-order valence-corrected chi connectivity index (χ0v) is 16.2. The van der Waals surface area contributed by atoms with Crippen LogP contribution < -0.4 is 0 Å². The van der Waals surface area contributed by atoms with Crippen LogP contribution in [0.5, 0.6) is 0 Å². The molecule has 28 heavy (non-hydrogen) atoms. The van der Waals surface area contributed by atoms with Gasteiger partial charge in [-0.3, -0.25) is 24.3 Å². The first-order valence-electron chi connectivity index (χ1n) is 9.80. The monoisotopic (exact) mass is 376 g/mol. The average Bonchev–Trinajstić information content (AvgIpc) is 3.19. The molecule has 5 rings (SSSR count). The number of fused-ring (bicyclic) bond motifs is 3. The van der Waals surface area contributed by atoms with Crippen molar-refractivity contribution in [3.05, 3.63) is 42.6 Å². The first kappa shape index (κ1) is 17.3. The molecule has 0 N–H and O–H groups in total. The Bertz CT molecular complexity index is 1030. The molecule has 2 unspecified atom stereocenters. The number of likely N-dealkylation sites (N-methyl/N-ethyl adjacent to an activating group) is 1. The number of rotatable bonds is 3. The number of aromatic nitrogens is 4. The van der Waals surface area contributed by atoms with Gasteiger partial charge in [0.2, 0.25) is 5.91 Å². The lowest BCUT2D eigenvalue weighted by Crippen LogP contribution is -2.54. The molecule has 0 aromatic carbocycles. The van der Waals surface area contributed by atoms with Gasteiger partial charge in [-0.1, -0.05) is 0 Å². The molecule has 2 saturated heterocycles. The molecule has 2 bridgehead atoms. The molecular weight excluding hydrogens is 352 g/mol. The second-order valence-electron chi connectivity index (χ2n) is 8.02. The Morgan fingerprint density at radius 3 is 2.50 bits per heavy atom. The zero-order chi connectivity index (χ0) is 19.3. The van der Waals surface area contributed by atoms with Crippen LogP contribution in [-0.2, 0) is 18.3 Å². The van der Waals surface area contributed by atoms with Crippen molar-refractivity contribution in [3.63, 3.8) is 0 Å². The third kappa shape index (κ3) is 3.05. The van der Waals surface area contributed by atoms with E-state index in [1.165, 1.54) is 12.8 Å². The van der Waals surface area contributed by atoms with Gasteiger partial charge in [0.1, 0.15) is 0 Å². The summed E-state index contributed by atoms with van der Waals surface area (Å²) in [6.07, 6.45) is 10.1. The number of hydrogen-bond acceptors (Lipinski definition) is 5. The van der Waals surface area contributed by atoms with Crippen LogP contribution in [0.3, 0.4) is 0 Å². The Morgan fingerprint density at radius 1 is 1.04 bits per heavy atom. The number of aryl methyl sites for hydroxylation is 1. The minimum atomic E-state index is 0.179. The van der Waals surface area contributed by atoms with Gasteiger partial charge in [-0.2, -0.15) is 5.10 Å². The molecule has 7 nitrogen and oxygen atoms in total. The van der Waals surface area contributed by atoms with E-state index in [9.17, 15) is 4.79 Å². The molecule has 2 fully saturated rings. The predicted molar refractivity (Wildman–Crippen MR) is 107 cm³/mol. The molecule has 2 aliphatic rings. The lowest BCUT2D eigenvalue weighted by atomic mass is 10.1. The topological polar surface area (TPSA) is 67.2 Å². The molecule has 2 aliphatic heterocycles. The summed E-state index contributed by atoms with van der Waals surface area (Å²) in [5, 5.41) is 6.24. The van der Waals surface area contributed by atoms with Crippen LogP contribution in [0.15, 0.2) is 36.9 Å². The van der Waals surface area contributed by atoms with Crippen LogP contribution >= 0.6 is 0 Å². The molecule has 5 heterocycles. The average molecular weight is 376 g/mol. The highest BCUT2D eigenvalue weighted by atomic mass is 16.2. The van der Waals surface area contributed by atoms with Gasteiger partial charge in [0.15, 0.2) is 0 Å². The van der Waals surface area contributed by atoms with Crippen LogP contribution in [0, 0.1) is 0 Å². The fraction of sp³-hybridized carbons (Fsp3) is 0.429. The minimum absolute atomic E-state index is 0.179. The summed E-state index contributed by atoms with van der Waals surface area (Å²) in [5.41, 5.74) is 2.67. The Kier molecular flexibility index (Phi) is 4.12.